The minimum atomic E-state index is 0.0588. The molecule has 0 unspecified atom stereocenters. The first kappa shape index (κ1) is 14.1. The van der Waals surface area contributed by atoms with Crippen molar-refractivity contribution in [3.8, 4) is 6.07 Å². The standard InChI is InChI=1S/C16H22N2S/c1-12(2)10-16(7-3-4-8-16)15(18)13(11-17)14-6-5-9-19-14/h5-6,9,12H,3-4,7-8,10,18H2,1-2H3/b15-13+. The van der Waals surface area contributed by atoms with Crippen LogP contribution in [0.1, 0.15) is 50.8 Å². The molecule has 0 aliphatic heterocycles. The number of rotatable bonds is 4. The monoisotopic (exact) mass is 274 g/mol. The maximum absolute atomic E-state index is 9.50. The van der Waals surface area contributed by atoms with Crippen LogP contribution < -0.4 is 5.73 Å². The maximum atomic E-state index is 9.50. The van der Waals surface area contributed by atoms with Gasteiger partial charge in [-0.3, -0.25) is 0 Å². The fraction of sp³-hybridized carbons (Fsp3) is 0.562. The van der Waals surface area contributed by atoms with Gasteiger partial charge in [0.2, 0.25) is 0 Å². The first-order chi connectivity index (χ1) is 9.09. The normalized spacial score (nSPS) is 19.3. The Morgan fingerprint density at radius 1 is 1.47 bits per heavy atom. The van der Waals surface area contributed by atoms with Gasteiger partial charge in [-0.1, -0.05) is 32.8 Å². The van der Waals surface area contributed by atoms with Gasteiger partial charge in [0, 0.05) is 16.0 Å². The Bertz CT molecular complexity index is 485. The van der Waals surface area contributed by atoms with Crippen molar-refractivity contribution in [1.82, 2.24) is 0 Å². The quantitative estimate of drug-likeness (QED) is 0.819. The Morgan fingerprint density at radius 3 is 2.63 bits per heavy atom. The zero-order valence-corrected chi connectivity index (χ0v) is 12.6. The lowest BCUT2D eigenvalue weighted by Crippen LogP contribution is -2.28. The molecule has 0 amide bonds. The van der Waals surface area contributed by atoms with Crippen molar-refractivity contribution in [3.05, 3.63) is 28.1 Å². The van der Waals surface area contributed by atoms with Gasteiger partial charge in [0.1, 0.15) is 6.07 Å². The second-order valence-corrected chi connectivity index (χ2v) is 6.91. The number of hydrogen-bond donors (Lipinski definition) is 1. The average molecular weight is 274 g/mol. The van der Waals surface area contributed by atoms with Crippen molar-refractivity contribution < 1.29 is 0 Å². The second-order valence-electron chi connectivity index (χ2n) is 5.96. The van der Waals surface area contributed by atoms with Gasteiger partial charge >= 0.3 is 0 Å². The van der Waals surface area contributed by atoms with E-state index in [1.807, 2.05) is 17.5 Å². The minimum Gasteiger partial charge on any atom is -0.400 e. The van der Waals surface area contributed by atoms with Crippen molar-refractivity contribution >= 4 is 16.9 Å². The predicted octanol–water partition coefficient (Wildman–Crippen LogP) is 4.55. The summed E-state index contributed by atoms with van der Waals surface area (Å²) in [6.07, 6.45) is 5.82. The summed E-state index contributed by atoms with van der Waals surface area (Å²) < 4.78 is 0. The second kappa shape index (κ2) is 5.79. The lowest BCUT2D eigenvalue weighted by molar-refractivity contribution is 0.288. The molecule has 1 aliphatic carbocycles. The Balaban J connectivity index is 2.43. The predicted molar refractivity (Wildman–Crippen MR) is 81.4 cm³/mol. The van der Waals surface area contributed by atoms with Crippen molar-refractivity contribution in [2.75, 3.05) is 0 Å². The van der Waals surface area contributed by atoms with E-state index in [9.17, 15) is 5.26 Å². The fourth-order valence-corrected chi connectivity index (χ4v) is 4.09. The third-order valence-corrected chi connectivity index (χ3v) is 4.97. The molecule has 0 radical (unpaired) electrons. The average Bonchev–Trinajstić information content (AvgIpc) is 3.01. The molecule has 1 saturated carbocycles. The number of nitrogens with two attached hydrogens (primary N) is 1. The molecule has 0 aromatic carbocycles. The molecule has 102 valence electrons. The van der Waals surface area contributed by atoms with Crippen LogP contribution in [0.15, 0.2) is 23.2 Å². The highest BCUT2D eigenvalue weighted by Crippen LogP contribution is 2.49. The number of thiophene rings is 1. The topological polar surface area (TPSA) is 49.8 Å². The van der Waals surface area contributed by atoms with Crippen LogP contribution in [-0.4, -0.2) is 0 Å². The Morgan fingerprint density at radius 2 is 2.16 bits per heavy atom. The molecule has 1 heterocycles. The summed E-state index contributed by atoms with van der Waals surface area (Å²) in [4.78, 5) is 1.01. The summed E-state index contributed by atoms with van der Waals surface area (Å²) in [6.45, 7) is 4.48. The van der Waals surface area contributed by atoms with Gasteiger partial charge < -0.3 is 5.73 Å². The molecule has 2 nitrogen and oxygen atoms in total. The zero-order valence-electron chi connectivity index (χ0n) is 11.8. The lowest BCUT2D eigenvalue weighted by atomic mass is 9.74. The van der Waals surface area contributed by atoms with E-state index >= 15 is 0 Å². The van der Waals surface area contributed by atoms with Gasteiger partial charge in [0.05, 0.1) is 5.57 Å². The summed E-state index contributed by atoms with van der Waals surface area (Å²) in [5.74, 6) is 0.611. The van der Waals surface area contributed by atoms with Crippen molar-refractivity contribution in [2.24, 2.45) is 17.1 Å². The molecule has 1 fully saturated rings. The smallest absolute Gasteiger partial charge is 0.102 e. The van der Waals surface area contributed by atoms with Crippen LogP contribution in [0.2, 0.25) is 0 Å². The van der Waals surface area contributed by atoms with Gasteiger partial charge in [-0.2, -0.15) is 5.26 Å². The fourth-order valence-electron chi connectivity index (χ4n) is 3.35. The van der Waals surface area contributed by atoms with Crippen molar-refractivity contribution in [1.29, 1.82) is 5.26 Å². The van der Waals surface area contributed by atoms with E-state index in [1.54, 1.807) is 11.3 Å². The molecule has 2 N–H and O–H groups in total. The molecule has 1 aromatic rings. The summed E-state index contributed by atoms with van der Waals surface area (Å²) in [6, 6.07) is 6.32. The first-order valence-electron chi connectivity index (χ1n) is 7.03. The van der Waals surface area contributed by atoms with Gasteiger partial charge in [0.25, 0.3) is 0 Å². The van der Waals surface area contributed by atoms with E-state index in [0.29, 0.717) is 11.5 Å². The van der Waals surface area contributed by atoms with Gasteiger partial charge in [0.15, 0.2) is 0 Å². The van der Waals surface area contributed by atoms with E-state index in [4.69, 9.17) is 5.73 Å². The molecule has 19 heavy (non-hydrogen) atoms. The van der Waals surface area contributed by atoms with Gasteiger partial charge in [-0.15, -0.1) is 11.3 Å². The molecule has 0 bridgehead atoms. The lowest BCUT2D eigenvalue weighted by Gasteiger charge is -2.32. The summed E-state index contributed by atoms with van der Waals surface area (Å²) in [5.41, 5.74) is 8.07. The molecular weight excluding hydrogens is 252 g/mol. The Labute approximate surface area is 119 Å². The number of nitrogens with zero attached hydrogens (tertiary/aromatic N) is 1. The third kappa shape index (κ3) is 2.84. The first-order valence-corrected chi connectivity index (χ1v) is 7.91. The van der Waals surface area contributed by atoms with Crippen LogP contribution in [0.3, 0.4) is 0 Å². The molecule has 1 aliphatic rings. The van der Waals surface area contributed by atoms with Crippen LogP contribution in [0.25, 0.3) is 5.57 Å². The zero-order chi connectivity index (χ0) is 13.9. The molecule has 0 atom stereocenters. The molecule has 2 rings (SSSR count). The highest BCUT2D eigenvalue weighted by atomic mass is 32.1. The molecule has 0 spiro atoms. The van der Waals surface area contributed by atoms with E-state index in [0.717, 1.165) is 29.8 Å². The third-order valence-electron chi connectivity index (χ3n) is 4.08. The molecule has 1 aromatic heterocycles. The Kier molecular flexibility index (Phi) is 4.31. The minimum absolute atomic E-state index is 0.0588. The van der Waals surface area contributed by atoms with E-state index in [2.05, 4.69) is 19.9 Å². The number of allylic oxidation sites excluding steroid dienone is 2. The van der Waals surface area contributed by atoms with E-state index in [1.165, 1.54) is 12.8 Å². The molecule has 3 heteroatoms. The van der Waals surface area contributed by atoms with Crippen LogP contribution in [-0.2, 0) is 0 Å². The molecular formula is C16H22N2S. The molecule has 0 saturated heterocycles. The van der Waals surface area contributed by atoms with Gasteiger partial charge in [-0.25, -0.2) is 0 Å². The van der Waals surface area contributed by atoms with Crippen LogP contribution >= 0.6 is 11.3 Å². The van der Waals surface area contributed by atoms with E-state index in [-0.39, 0.29) is 5.41 Å². The number of nitriles is 1. The van der Waals surface area contributed by atoms with Crippen LogP contribution in [0, 0.1) is 22.7 Å². The largest absolute Gasteiger partial charge is 0.400 e. The van der Waals surface area contributed by atoms with Crippen molar-refractivity contribution in [3.63, 3.8) is 0 Å². The van der Waals surface area contributed by atoms with Crippen LogP contribution in [0.4, 0.5) is 0 Å². The summed E-state index contributed by atoms with van der Waals surface area (Å²) >= 11 is 1.60. The summed E-state index contributed by atoms with van der Waals surface area (Å²) in [7, 11) is 0. The summed E-state index contributed by atoms with van der Waals surface area (Å²) in [5, 5.41) is 11.5. The van der Waals surface area contributed by atoms with Crippen LogP contribution in [0.5, 0.6) is 0 Å². The SMILES string of the molecule is CC(C)CC1(/C(N)=C(/C#N)c2cccs2)CCCC1. The highest BCUT2D eigenvalue weighted by molar-refractivity contribution is 7.11. The highest BCUT2D eigenvalue weighted by Gasteiger charge is 2.38. The number of hydrogen-bond acceptors (Lipinski definition) is 3. The van der Waals surface area contributed by atoms with Crippen molar-refractivity contribution in [2.45, 2.75) is 46.0 Å². The Hall–Kier alpha value is -1.27. The van der Waals surface area contributed by atoms with E-state index < -0.39 is 0 Å². The van der Waals surface area contributed by atoms with Gasteiger partial charge in [-0.05, 0) is 36.6 Å². The maximum Gasteiger partial charge on any atom is 0.102 e.